The van der Waals surface area contributed by atoms with Crippen molar-refractivity contribution in [2.45, 2.75) is 25.8 Å². The highest BCUT2D eigenvalue weighted by molar-refractivity contribution is 5.46. The summed E-state index contributed by atoms with van der Waals surface area (Å²) < 4.78 is 5.47. The summed E-state index contributed by atoms with van der Waals surface area (Å²) in [5.41, 5.74) is 7.73. The summed E-state index contributed by atoms with van der Waals surface area (Å²) in [7, 11) is 4.06. The van der Waals surface area contributed by atoms with Crippen molar-refractivity contribution in [1.82, 2.24) is 10.2 Å². The average Bonchev–Trinajstić information content (AvgIpc) is 2.88. The zero-order chi connectivity index (χ0) is 15.5. The summed E-state index contributed by atoms with van der Waals surface area (Å²) in [6.07, 6.45) is 0.886. The Balaban J connectivity index is 1.85. The van der Waals surface area contributed by atoms with Crippen molar-refractivity contribution in [1.29, 1.82) is 0 Å². The van der Waals surface area contributed by atoms with Gasteiger partial charge in [0, 0.05) is 26.3 Å². The summed E-state index contributed by atoms with van der Waals surface area (Å²) in [5, 5.41) is 11.0. The first-order valence-electron chi connectivity index (χ1n) is 6.99. The zero-order valence-electron chi connectivity index (χ0n) is 13.1. The minimum Gasteiger partial charge on any atom is -0.406 e. The minimum absolute atomic E-state index is 0.411. The van der Waals surface area contributed by atoms with Crippen LogP contribution in [0.4, 0.5) is 11.7 Å². The fraction of sp³-hybridized carbons (Fsp3) is 0.467. The topological polar surface area (TPSA) is 80.2 Å². The molecule has 1 aromatic carbocycles. The Morgan fingerprint density at radius 3 is 2.38 bits per heavy atom. The van der Waals surface area contributed by atoms with Gasteiger partial charge in [-0.2, -0.15) is 0 Å². The van der Waals surface area contributed by atoms with Gasteiger partial charge < -0.3 is 20.4 Å². The molecule has 0 bridgehead atoms. The van der Waals surface area contributed by atoms with Crippen LogP contribution >= 0.6 is 0 Å². The molecule has 2 aromatic rings. The molecule has 2 rings (SSSR count). The minimum atomic E-state index is -0.616. The van der Waals surface area contributed by atoms with Crippen molar-refractivity contribution in [3.05, 3.63) is 35.7 Å². The number of hydrogen-bond acceptors (Lipinski definition) is 6. The van der Waals surface area contributed by atoms with Crippen molar-refractivity contribution < 1.29 is 4.42 Å². The van der Waals surface area contributed by atoms with Gasteiger partial charge in [-0.15, -0.1) is 5.10 Å². The molecule has 114 valence electrons. The van der Waals surface area contributed by atoms with Crippen LogP contribution in [0.3, 0.4) is 0 Å². The molecule has 1 heterocycles. The number of anilines is 2. The van der Waals surface area contributed by atoms with E-state index in [-0.39, 0.29) is 0 Å². The Morgan fingerprint density at radius 2 is 1.86 bits per heavy atom. The van der Waals surface area contributed by atoms with Crippen LogP contribution in [-0.2, 0) is 12.0 Å². The Labute approximate surface area is 125 Å². The first-order valence-corrected chi connectivity index (χ1v) is 6.99. The molecule has 0 amide bonds. The van der Waals surface area contributed by atoms with Crippen LogP contribution in [-0.4, -0.2) is 30.8 Å². The van der Waals surface area contributed by atoms with E-state index in [0.29, 0.717) is 11.9 Å². The number of nitrogens with one attached hydrogen (secondary N) is 1. The van der Waals surface area contributed by atoms with E-state index in [2.05, 4.69) is 44.7 Å². The van der Waals surface area contributed by atoms with Crippen LogP contribution in [0.25, 0.3) is 0 Å². The highest BCUT2D eigenvalue weighted by Gasteiger charge is 2.21. The number of benzene rings is 1. The van der Waals surface area contributed by atoms with Crippen LogP contribution in [0.5, 0.6) is 0 Å². The maximum Gasteiger partial charge on any atom is 0.315 e. The molecule has 0 spiro atoms. The summed E-state index contributed by atoms with van der Waals surface area (Å²) in [5.74, 6) is 0.431. The third-order valence-electron chi connectivity index (χ3n) is 3.12. The van der Waals surface area contributed by atoms with Gasteiger partial charge in [0.05, 0.1) is 5.54 Å². The molecule has 0 saturated carbocycles. The second-order valence-corrected chi connectivity index (χ2v) is 5.87. The van der Waals surface area contributed by atoms with E-state index in [4.69, 9.17) is 10.2 Å². The molecule has 0 unspecified atom stereocenters. The molecule has 0 fully saturated rings. The molecular weight excluding hydrogens is 266 g/mol. The molecule has 21 heavy (non-hydrogen) atoms. The Kier molecular flexibility index (Phi) is 4.47. The van der Waals surface area contributed by atoms with Gasteiger partial charge in [0.2, 0.25) is 5.89 Å². The second-order valence-electron chi connectivity index (χ2n) is 5.87. The van der Waals surface area contributed by atoms with Gasteiger partial charge in [0.15, 0.2) is 0 Å². The van der Waals surface area contributed by atoms with Gasteiger partial charge >= 0.3 is 6.01 Å². The van der Waals surface area contributed by atoms with Crippen molar-refractivity contribution in [3.63, 3.8) is 0 Å². The SMILES string of the molecule is CN(C)c1ccc(CCNc2nnc(C(C)(C)N)o2)cc1. The fourth-order valence-electron chi connectivity index (χ4n) is 1.83. The fourth-order valence-corrected chi connectivity index (χ4v) is 1.83. The molecule has 0 aliphatic rings. The van der Waals surface area contributed by atoms with Gasteiger partial charge in [0.25, 0.3) is 0 Å². The van der Waals surface area contributed by atoms with Crippen molar-refractivity contribution in [2.24, 2.45) is 5.73 Å². The first-order chi connectivity index (χ1) is 9.86. The predicted molar refractivity (Wildman–Crippen MR) is 84.5 cm³/mol. The van der Waals surface area contributed by atoms with E-state index in [0.717, 1.165) is 13.0 Å². The van der Waals surface area contributed by atoms with Crippen molar-refractivity contribution >= 4 is 11.7 Å². The maximum absolute atomic E-state index is 5.90. The van der Waals surface area contributed by atoms with Crippen LogP contribution in [0.15, 0.2) is 28.7 Å². The van der Waals surface area contributed by atoms with Crippen LogP contribution in [0.1, 0.15) is 25.3 Å². The predicted octanol–water partition coefficient (Wildman–Crippen LogP) is 1.98. The number of nitrogens with two attached hydrogens (primary N) is 1. The summed E-state index contributed by atoms with van der Waals surface area (Å²) in [6, 6.07) is 8.88. The highest BCUT2D eigenvalue weighted by atomic mass is 16.4. The number of hydrogen-bond donors (Lipinski definition) is 2. The summed E-state index contributed by atoms with van der Waals surface area (Å²) >= 11 is 0. The van der Waals surface area contributed by atoms with Crippen LogP contribution in [0, 0.1) is 0 Å². The van der Waals surface area contributed by atoms with E-state index < -0.39 is 5.54 Å². The van der Waals surface area contributed by atoms with Crippen molar-refractivity contribution in [2.75, 3.05) is 30.9 Å². The molecule has 6 nitrogen and oxygen atoms in total. The van der Waals surface area contributed by atoms with E-state index in [1.165, 1.54) is 11.3 Å². The van der Waals surface area contributed by atoms with Gasteiger partial charge in [-0.25, -0.2) is 0 Å². The summed E-state index contributed by atoms with van der Waals surface area (Å²) in [4.78, 5) is 2.08. The Morgan fingerprint density at radius 1 is 1.19 bits per heavy atom. The second kappa shape index (κ2) is 6.13. The van der Waals surface area contributed by atoms with E-state index in [1.807, 2.05) is 27.9 Å². The highest BCUT2D eigenvalue weighted by Crippen LogP contribution is 2.17. The monoisotopic (exact) mass is 289 g/mol. The maximum atomic E-state index is 5.90. The molecule has 0 aliphatic heterocycles. The first kappa shape index (κ1) is 15.3. The largest absolute Gasteiger partial charge is 0.406 e. The van der Waals surface area contributed by atoms with Crippen molar-refractivity contribution in [3.8, 4) is 0 Å². The van der Waals surface area contributed by atoms with Gasteiger partial charge in [-0.05, 0) is 38.0 Å². The third kappa shape index (κ3) is 4.19. The molecule has 1 aromatic heterocycles. The molecule has 3 N–H and O–H groups in total. The normalized spacial score (nSPS) is 11.5. The van der Waals surface area contributed by atoms with E-state index in [1.54, 1.807) is 0 Å². The molecular formula is C15H23N5O. The number of nitrogens with zero attached hydrogens (tertiary/aromatic N) is 3. The van der Waals surface area contributed by atoms with Crippen LogP contribution < -0.4 is 16.0 Å². The third-order valence-corrected chi connectivity index (χ3v) is 3.12. The molecule has 0 saturated heterocycles. The lowest BCUT2D eigenvalue weighted by atomic mass is 10.1. The van der Waals surface area contributed by atoms with Gasteiger partial charge in [0.1, 0.15) is 0 Å². The van der Waals surface area contributed by atoms with E-state index >= 15 is 0 Å². The lowest BCUT2D eigenvalue weighted by Gasteiger charge is -2.12. The molecule has 0 radical (unpaired) electrons. The quantitative estimate of drug-likeness (QED) is 0.846. The van der Waals surface area contributed by atoms with Gasteiger partial charge in [-0.1, -0.05) is 17.2 Å². The number of rotatable bonds is 6. The lowest BCUT2D eigenvalue weighted by Crippen LogP contribution is -2.29. The van der Waals surface area contributed by atoms with E-state index in [9.17, 15) is 0 Å². The summed E-state index contributed by atoms with van der Waals surface area (Å²) in [6.45, 7) is 4.39. The lowest BCUT2D eigenvalue weighted by molar-refractivity contribution is 0.384. The van der Waals surface area contributed by atoms with Gasteiger partial charge in [-0.3, -0.25) is 0 Å². The molecule has 6 heteroatoms. The standard InChI is InChI=1S/C15H23N5O/c1-15(2,16)13-18-19-14(21-13)17-10-9-11-5-7-12(8-6-11)20(3)4/h5-8H,9-10,16H2,1-4H3,(H,17,19). The number of aromatic nitrogens is 2. The zero-order valence-corrected chi connectivity index (χ0v) is 13.1. The van der Waals surface area contributed by atoms with Crippen LogP contribution in [0.2, 0.25) is 0 Å². The Hall–Kier alpha value is -2.08. The Bertz CT molecular complexity index is 568. The molecule has 0 atom stereocenters. The average molecular weight is 289 g/mol. The molecule has 0 aliphatic carbocycles. The smallest absolute Gasteiger partial charge is 0.315 e.